The van der Waals surface area contributed by atoms with Crippen molar-refractivity contribution in [1.29, 1.82) is 0 Å². The van der Waals surface area contributed by atoms with Crippen molar-refractivity contribution in [2.45, 2.75) is 32.2 Å². The van der Waals surface area contributed by atoms with Crippen LogP contribution in [0, 0.1) is 0 Å². The number of nitrogens with zero attached hydrogens (tertiary/aromatic N) is 1. The van der Waals surface area contributed by atoms with E-state index in [4.69, 9.17) is 23.2 Å². The van der Waals surface area contributed by atoms with Gasteiger partial charge in [0.25, 0.3) is 0 Å². The third-order valence-electron chi connectivity index (χ3n) is 3.72. The Labute approximate surface area is 168 Å². The van der Waals surface area contributed by atoms with E-state index in [0.29, 0.717) is 28.0 Å². The van der Waals surface area contributed by atoms with Crippen molar-refractivity contribution in [3.8, 4) is 0 Å². The molecule has 1 rings (SSSR count). The van der Waals surface area contributed by atoms with Gasteiger partial charge in [0.1, 0.15) is 0 Å². The minimum Gasteiger partial charge on any atom is -0.355 e. The van der Waals surface area contributed by atoms with Crippen LogP contribution in [0.1, 0.15) is 25.3 Å². The molecule has 0 fully saturated rings. The van der Waals surface area contributed by atoms with Gasteiger partial charge >= 0.3 is 0 Å². The number of halogens is 4. The lowest BCUT2D eigenvalue weighted by atomic mass is 10.1. The fraction of sp³-hybridized carbons (Fsp3) is 0.562. The number of aryl methyl sites for hydroxylation is 1. The third kappa shape index (κ3) is 9.30. The van der Waals surface area contributed by atoms with Crippen molar-refractivity contribution in [1.82, 2.24) is 10.2 Å². The van der Waals surface area contributed by atoms with Crippen LogP contribution < -0.4 is 5.32 Å². The van der Waals surface area contributed by atoms with Gasteiger partial charge in [0.2, 0.25) is 5.91 Å². The summed E-state index contributed by atoms with van der Waals surface area (Å²) in [6.45, 7) is 3.90. The van der Waals surface area contributed by atoms with Crippen molar-refractivity contribution in [2.24, 2.45) is 0 Å². The molecule has 1 atom stereocenters. The lowest BCUT2D eigenvalue weighted by molar-refractivity contribution is -0.118. The maximum atomic E-state index is 11.1. The Morgan fingerprint density at radius 3 is 2.65 bits per heavy atom. The zero-order valence-corrected chi connectivity index (χ0v) is 18.3. The summed E-state index contributed by atoms with van der Waals surface area (Å²) in [6.07, 6.45) is 2.98. The Bertz CT molecular complexity index is 489. The molecule has 1 N–H and O–H groups in total. The molecular formula is C16H24Br2Cl2N2O. The van der Waals surface area contributed by atoms with Gasteiger partial charge in [-0.05, 0) is 57.5 Å². The molecule has 0 aliphatic carbocycles. The molecule has 0 heterocycles. The Kier molecular flexibility index (Phi) is 12.6. The average Bonchev–Trinajstić information content (AvgIpc) is 2.51. The van der Waals surface area contributed by atoms with E-state index in [1.807, 2.05) is 18.2 Å². The van der Waals surface area contributed by atoms with E-state index in [-0.39, 0.29) is 22.9 Å². The molecule has 0 saturated carbocycles. The quantitative estimate of drug-likeness (QED) is 0.401. The standard InChI is InChI=1S/C16H23BrCl2N2O.BrH/c1-12(21(2)9-3-8-20-16(22)11-17)4-5-13-6-7-14(18)15(19)10-13;/h6-7,10,12H,3-5,8-9,11H2,1-2H3,(H,20,22);1H. The Morgan fingerprint density at radius 2 is 2.04 bits per heavy atom. The van der Waals surface area contributed by atoms with Crippen LogP contribution in [-0.4, -0.2) is 42.3 Å². The van der Waals surface area contributed by atoms with Crippen LogP contribution in [0.5, 0.6) is 0 Å². The first-order valence-corrected chi connectivity index (χ1v) is 9.28. The van der Waals surface area contributed by atoms with E-state index in [9.17, 15) is 4.79 Å². The first-order valence-electron chi connectivity index (χ1n) is 7.41. The number of hydrogen-bond acceptors (Lipinski definition) is 2. The molecule has 132 valence electrons. The molecule has 7 heteroatoms. The van der Waals surface area contributed by atoms with E-state index in [1.165, 1.54) is 5.56 Å². The van der Waals surface area contributed by atoms with E-state index < -0.39 is 0 Å². The Hall–Kier alpha value is 0.190. The number of benzene rings is 1. The predicted octanol–water partition coefficient (Wildman–Crippen LogP) is 4.73. The van der Waals surface area contributed by atoms with Crippen LogP contribution in [0.15, 0.2) is 18.2 Å². The van der Waals surface area contributed by atoms with E-state index in [0.717, 1.165) is 25.8 Å². The van der Waals surface area contributed by atoms with Gasteiger partial charge in [0, 0.05) is 12.6 Å². The second kappa shape index (κ2) is 12.5. The van der Waals surface area contributed by atoms with Gasteiger partial charge in [0.05, 0.1) is 15.4 Å². The summed E-state index contributed by atoms with van der Waals surface area (Å²) in [5, 5.41) is 4.43. The van der Waals surface area contributed by atoms with E-state index in [1.54, 1.807) is 0 Å². The second-order valence-electron chi connectivity index (χ2n) is 5.45. The van der Waals surface area contributed by atoms with Crippen LogP contribution >= 0.6 is 56.1 Å². The highest BCUT2D eigenvalue weighted by Crippen LogP contribution is 2.23. The summed E-state index contributed by atoms with van der Waals surface area (Å²) in [7, 11) is 2.12. The molecular weight excluding hydrogens is 467 g/mol. The zero-order valence-electron chi connectivity index (χ0n) is 13.4. The Morgan fingerprint density at radius 1 is 1.35 bits per heavy atom. The smallest absolute Gasteiger partial charge is 0.230 e. The number of alkyl halides is 1. The van der Waals surface area contributed by atoms with Crippen molar-refractivity contribution in [2.75, 3.05) is 25.5 Å². The third-order valence-corrected chi connectivity index (χ3v) is 4.97. The molecule has 0 bridgehead atoms. The number of carbonyl (C=O) groups is 1. The topological polar surface area (TPSA) is 32.3 Å². The monoisotopic (exact) mass is 488 g/mol. The first kappa shape index (κ1) is 23.2. The number of amides is 1. The molecule has 0 aromatic heterocycles. The summed E-state index contributed by atoms with van der Waals surface area (Å²) in [6, 6.07) is 6.28. The number of hydrogen-bond donors (Lipinski definition) is 1. The molecule has 0 saturated heterocycles. The molecule has 1 amide bonds. The minimum absolute atomic E-state index is 0. The van der Waals surface area contributed by atoms with Gasteiger partial charge < -0.3 is 10.2 Å². The molecule has 1 unspecified atom stereocenters. The van der Waals surface area contributed by atoms with Crippen molar-refractivity contribution in [3.05, 3.63) is 33.8 Å². The van der Waals surface area contributed by atoms with Gasteiger partial charge in [-0.1, -0.05) is 45.2 Å². The minimum atomic E-state index is 0. The molecule has 0 aliphatic heterocycles. The molecule has 0 radical (unpaired) electrons. The van der Waals surface area contributed by atoms with Crippen LogP contribution in [-0.2, 0) is 11.2 Å². The van der Waals surface area contributed by atoms with Crippen molar-refractivity contribution >= 4 is 62.0 Å². The highest BCUT2D eigenvalue weighted by Gasteiger charge is 2.10. The lowest BCUT2D eigenvalue weighted by Crippen LogP contribution is -2.33. The zero-order chi connectivity index (χ0) is 16.5. The van der Waals surface area contributed by atoms with Crippen LogP contribution in [0.2, 0.25) is 10.0 Å². The highest BCUT2D eigenvalue weighted by atomic mass is 79.9. The summed E-state index contributed by atoms with van der Waals surface area (Å²) in [5.41, 5.74) is 1.21. The summed E-state index contributed by atoms with van der Waals surface area (Å²) in [5.74, 6) is 0.0373. The largest absolute Gasteiger partial charge is 0.355 e. The first-order chi connectivity index (χ1) is 10.4. The molecule has 0 aliphatic rings. The normalized spacial score (nSPS) is 11.9. The fourth-order valence-electron chi connectivity index (χ4n) is 2.11. The van der Waals surface area contributed by atoms with Crippen LogP contribution in [0.3, 0.4) is 0 Å². The van der Waals surface area contributed by atoms with Crippen molar-refractivity contribution < 1.29 is 4.79 Å². The maximum Gasteiger partial charge on any atom is 0.230 e. The number of carbonyl (C=O) groups excluding carboxylic acids is 1. The number of nitrogens with one attached hydrogen (secondary N) is 1. The second-order valence-corrected chi connectivity index (χ2v) is 6.83. The highest BCUT2D eigenvalue weighted by molar-refractivity contribution is 9.09. The Balaban J connectivity index is 0.00000484. The lowest BCUT2D eigenvalue weighted by Gasteiger charge is -2.24. The van der Waals surface area contributed by atoms with Gasteiger partial charge in [-0.25, -0.2) is 0 Å². The predicted molar refractivity (Wildman–Crippen MR) is 109 cm³/mol. The van der Waals surface area contributed by atoms with Gasteiger partial charge in [-0.15, -0.1) is 17.0 Å². The molecule has 0 spiro atoms. The van der Waals surface area contributed by atoms with Crippen LogP contribution in [0.4, 0.5) is 0 Å². The SMILES string of the molecule is Br.CC(CCc1ccc(Cl)c(Cl)c1)N(C)CCCNC(=O)CBr. The summed E-state index contributed by atoms with van der Waals surface area (Å²) >= 11 is 15.1. The molecule has 1 aromatic rings. The molecule has 3 nitrogen and oxygen atoms in total. The summed E-state index contributed by atoms with van der Waals surface area (Å²) < 4.78 is 0. The van der Waals surface area contributed by atoms with Gasteiger partial charge in [0.15, 0.2) is 0 Å². The average molecular weight is 491 g/mol. The maximum absolute atomic E-state index is 11.1. The summed E-state index contributed by atoms with van der Waals surface area (Å²) in [4.78, 5) is 13.4. The molecule has 23 heavy (non-hydrogen) atoms. The van der Waals surface area contributed by atoms with E-state index in [2.05, 4.69) is 40.1 Å². The van der Waals surface area contributed by atoms with Gasteiger partial charge in [-0.3, -0.25) is 4.79 Å². The van der Waals surface area contributed by atoms with Gasteiger partial charge in [-0.2, -0.15) is 0 Å². The van der Waals surface area contributed by atoms with Crippen LogP contribution in [0.25, 0.3) is 0 Å². The van der Waals surface area contributed by atoms with Crippen molar-refractivity contribution in [3.63, 3.8) is 0 Å². The number of rotatable bonds is 9. The fourth-order valence-corrected chi connectivity index (χ4v) is 2.63. The molecule has 1 aromatic carbocycles. The van der Waals surface area contributed by atoms with E-state index >= 15 is 0 Å².